The molecule has 5 nitrogen and oxygen atoms in total. The molecular formula is C21H17NO4S. The van der Waals surface area contributed by atoms with Gasteiger partial charge in [-0.3, -0.25) is 9.59 Å². The third kappa shape index (κ3) is 4.30. The molecule has 0 spiro atoms. The average Bonchev–Trinajstić information content (AvgIpc) is 2.68. The van der Waals surface area contributed by atoms with Gasteiger partial charge in [0, 0.05) is 16.7 Å². The standard InChI is InChI=1S/C21H17NO4S/c1-15-10-12-19(13-11-15)27(25,26)22-21(24)18-9-5-8-17(14-18)20(23)16-6-3-2-4-7-16/h2-14H,1H3,(H,22,24). The number of hydrogen-bond acceptors (Lipinski definition) is 4. The molecule has 0 aliphatic rings. The van der Waals surface area contributed by atoms with Crippen LogP contribution >= 0.6 is 0 Å². The second-order valence-corrected chi connectivity index (χ2v) is 7.71. The fourth-order valence-electron chi connectivity index (χ4n) is 2.52. The predicted molar refractivity (Wildman–Crippen MR) is 102 cm³/mol. The smallest absolute Gasteiger partial charge is 0.265 e. The summed E-state index contributed by atoms with van der Waals surface area (Å²) in [6.07, 6.45) is 0. The van der Waals surface area contributed by atoms with Gasteiger partial charge in [0.15, 0.2) is 5.78 Å². The molecule has 0 saturated carbocycles. The fraction of sp³-hybridized carbons (Fsp3) is 0.0476. The first-order valence-electron chi connectivity index (χ1n) is 8.20. The lowest BCUT2D eigenvalue weighted by Crippen LogP contribution is -2.30. The number of sulfonamides is 1. The molecule has 27 heavy (non-hydrogen) atoms. The Bertz CT molecular complexity index is 1090. The summed E-state index contributed by atoms with van der Waals surface area (Å²) in [7, 11) is -3.99. The highest BCUT2D eigenvalue weighted by Gasteiger charge is 2.19. The second kappa shape index (κ2) is 7.55. The van der Waals surface area contributed by atoms with Crippen molar-refractivity contribution in [2.45, 2.75) is 11.8 Å². The van der Waals surface area contributed by atoms with Crippen LogP contribution in [0.15, 0.2) is 83.8 Å². The third-order valence-corrected chi connectivity index (χ3v) is 5.33. The molecule has 1 amide bonds. The molecule has 1 N–H and O–H groups in total. The molecule has 3 aromatic carbocycles. The number of rotatable bonds is 5. The van der Waals surface area contributed by atoms with Gasteiger partial charge in [0.25, 0.3) is 15.9 Å². The van der Waals surface area contributed by atoms with Crippen LogP contribution in [-0.2, 0) is 10.0 Å². The Kier molecular flexibility index (Phi) is 5.19. The molecular weight excluding hydrogens is 362 g/mol. The zero-order valence-corrected chi connectivity index (χ0v) is 15.4. The lowest BCUT2D eigenvalue weighted by molar-refractivity contribution is 0.0981. The van der Waals surface area contributed by atoms with E-state index in [0.717, 1.165) is 5.56 Å². The lowest BCUT2D eigenvalue weighted by Gasteiger charge is -2.08. The highest BCUT2D eigenvalue weighted by Crippen LogP contribution is 2.14. The van der Waals surface area contributed by atoms with Gasteiger partial charge in [-0.1, -0.05) is 60.2 Å². The molecule has 3 rings (SSSR count). The topological polar surface area (TPSA) is 80.3 Å². The summed E-state index contributed by atoms with van der Waals surface area (Å²) in [5.74, 6) is -1.04. The van der Waals surface area contributed by atoms with Crippen molar-refractivity contribution >= 4 is 21.7 Å². The first-order valence-corrected chi connectivity index (χ1v) is 9.69. The maximum absolute atomic E-state index is 12.5. The largest absolute Gasteiger partial charge is 0.289 e. The van der Waals surface area contributed by atoms with Gasteiger partial charge in [0.2, 0.25) is 0 Å². The first-order chi connectivity index (χ1) is 12.9. The molecule has 0 unspecified atom stereocenters. The predicted octanol–water partition coefficient (Wildman–Crippen LogP) is 3.34. The summed E-state index contributed by atoms with van der Waals surface area (Å²) >= 11 is 0. The zero-order chi connectivity index (χ0) is 19.4. The van der Waals surface area contributed by atoms with E-state index >= 15 is 0 Å². The number of amides is 1. The normalized spacial score (nSPS) is 11.0. The molecule has 0 heterocycles. The number of benzene rings is 3. The summed E-state index contributed by atoms with van der Waals surface area (Å²) in [6, 6.07) is 20.8. The molecule has 0 aliphatic heterocycles. The van der Waals surface area contributed by atoms with Crippen LogP contribution in [0.3, 0.4) is 0 Å². The highest BCUT2D eigenvalue weighted by molar-refractivity contribution is 7.90. The molecule has 0 atom stereocenters. The summed E-state index contributed by atoms with van der Waals surface area (Å²) in [6.45, 7) is 1.84. The van der Waals surface area contributed by atoms with E-state index in [9.17, 15) is 18.0 Å². The Labute approximate surface area is 157 Å². The van der Waals surface area contributed by atoms with Crippen molar-refractivity contribution < 1.29 is 18.0 Å². The van der Waals surface area contributed by atoms with Gasteiger partial charge in [-0.2, -0.15) is 0 Å². The summed E-state index contributed by atoms with van der Waals surface area (Å²) < 4.78 is 26.8. The Morgan fingerprint density at radius 1 is 0.741 bits per heavy atom. The first kappa shape index (κ1) is 18.5. The number of nitrogens with one attached hydrogen (secondary N) is 1. The van der Waals surface area contributed by atoms with Crippen molar-refractivity contribution in [3.8, 4) is 0 Å². The van der Waals surface area contributed by atoms with Gasteiger partial charge in [0.1, 0.15) is 0 Å². The van der Waals surface area contributed by atoms with E-state index in [1.165, 1.54) is 24.3 Å². The third-order valence-electron chi connectivity index (χ3n) is 3.98. The van der Waals surface area contributed by atoms with Gasteiger partial charge in [0.05, 0.1) is 4.90 Å². The number of carbonyl (C=O) groups excluding carboxylic acids is 2. The monoisotopic (exact) mass is 379 g/mol. The zero-order valence-electron chi connectivity index (χ0n) is 14.5. The van der Waals surface area contributed by atoms with Crippen LogP contribution in [0.4, 0.5) is 0 Å². The van der Waals surface area contributed by atoms with Gasteiger partial charge >= 0.3 is 0 Å². The van der Waals surface area contributed by atoms with Crippen molar-refractivity contribution in [1.29, 1.82) is 0 Å². The van der Waals surface area contributed by atoms with Crippen molar-refractivity contribution in [2.75, 3.05) is 0 Å². The fourth-order valence-corrected chi connectivity index (χ4v) is 3.49. The molecule has 0 aliphatic carbocycles. The van der Waals surface area contributed by atoms with Crippen LogP contribution in [0.25, 0.3) is 0 Å². The maximum Gasteiger partial charge on any atom is 0.265 e. The van der Waals surface area contributed by atoms with E-state index in [2.05, 4.69) is 0 Å². The van der Waals surface area contributed by atoms with Crippen molar-refractivity contribution in [3.63, 3.8) is 0 Å². The molecule has 0 aromatic heterocycles. The van der Waals surface area contributed by atoms with Crippen molar-refractivity contribution in [3.05, 3.63) is 101 Å². The molecule has 0 radical (unpaired) electrons. The lowest BCUT2D eigenvalue weighted by atomic mass is 10.0. The molecule has 136 valence electrons. The van der Waals surface area contributed by atoms with Crippen LogP contribution in [0.2, 0.25) is 0 Å². The van der Waals surface area contributed by atoms with Crippen LogP contribution in [-0.4, -0.2) is 20.1 Å². The van der Waals surface area contributed by atoms with E-state index in [-0.39, 0.29) is 16.2 Å². The summed E-state index contributed by atoms with van der Waals surface area (Å²) in [5, 5.41) is 0. The Balaban J connectivity index is 1.83. The number of hydrogen-bond donors (Lipinski definition) is 1. The SMILES string of the molecule is Cc1ccc(S(=O)(=O)NC(=O)c2cccc(C(=O)c3ccccc3)c2)cc1. The van der Waals surface area contributed by atoms with Crippen LogP contribution < -0.4 is 4.72 Å². The van der Waals surface area contributed by atoms with Crippen LogP contribution in [0.5, 0.6) is 0 Å². The number of carbonyl (C=O) groups is 2. The molecule has 6 heteroatoms. The van der Waals surface area contributed by atoms with E-state index in [1.807, 2.05) is 11.6 Å². The van der Waals surface area contributed by atoms with Crippen LogP contribution in [0.1, 0.15) is 31.8 Å². The van der Waals surface area contributed by atoms with Gasteiger partial charge in [-0.05, 0) is 31.2 Å². The minimum atomic E-state index is -3.99. The highest BCUT2D eigenvalue weighted by atomic mass is 32.2. The molecule has 0 bridgehead atoms. The van der Waals surface area contributed by atoms with E-state index in [4.69, 9.17) is 0 Å². The van der Waals surface area contributed by atoms with E-state index in [0.29, 0.717) is 11.1 Å². The second-order valence-electron chi connectivity index (χ2n) is 6.02. The Hall–Kier alpha value is -3.25. The Morgan fingerprint density at radius 3 is 2.00 bits per heavy atom. The molecule has 0 saturated heterocycles. The average molecular weight is 379 g/mol. The van der Waals surface area contributed by atoms with Crippen molar-refractivity contribution in [1.82, 2.24) is 4.72 Å². The van der Waals surface area contributed by atoms with Gasteiger partial charge in [-0.25, -0.2) is 13.1 Å². The quantitative estimate of drug-likeness (QED) is 0.690. The van der Waals surface area contributed by atoms with Gasteiger partial charge < -0.3 is 0 Å². The van der Waals surface area contributed by atoms with E-state index in [1.54, 1.807) is 54.6 Å². The van der Waals surface area contributed by atoms with Gasteiger partial charge in [-0.15, -0.1) is 0 Å². The minimum absolute atomic E-state index is 0.00188. The molecule has 3 aromatic rings. The Morgan fingerprint density at radius 2 is 1.33 bits per heavy atom. The molecule has 0 fully saturated rings. The number of aryl methyl sites for hydroxylation is 1. The number of ketones is 1. The summed E-state index contributed by atoms with van der Waals surface area (Å²) in [4.78, 5) is 24.9. The van der Waals surface area contributed by atoms with Crippen LogP contribution in [0, 0.1) is 6.92 Å². The summed E-state index contributed by atoms with van der Waals surface area (Å²) in [5.41, 5.74) is 1.80. The van der Waals surface area contributed by atoms with Crippen molar-refractivity contribution in [2.24, 2.45) is 0 Å². The minimum Gasteiger partial charge on any atom is -0.289 e. The van der Waals surface area contributed by atoms with E-state index < -0.39 is 15.9 Å². The maximum atomic E-state index is 12.5.